The molecule has 1 aliphatic carbocycles. The zero-order valence-corrected chi connectivity index (χ0v) is 11.3. The average molecular weight is 310 g/mol. The van der Waals surface area contributed by atoms with Crippen molar-refractivity contribution in [1.29, 1.82) is 0 Å². The summed E-state index contributed by atoms with van der Waals surface area (Å²) in [7, 11) is 0. The fourth-order valence-corrected chi connectivity index (χ4v) is 2.50. The minimum Gasteiger partial charge on any atom is -0.475 e. The Morgan fingerprint density at radius 3 is 2.14 bits per heavy atom. The summed E-state index contributed by atoms with van der Waals surface area (Å²) in [5.41, 5.74) is -0.481. The molecular formula is C12H17F3N2O4. The van der Waals surface area contributed by atoms with Gasteiger partial charge in [0.25, 0.3) is 5.91 Å². The predicted molar refractivity (Wildman–Crippen MR) is 64.6 cm³/mol. The molecule has 6 nitrogen and oxygen atoms in total. The fourth-order valence-electron chi connectivity index (χ4n) is 2.50. The zero-order valence-electron chi connectivity index (χ0n) is 11.3. The molecule has 120 valence electrons. The van der Waals surface area contributed by atoms with Gasteiger partial charge in [-0.3, -0.25) is 4.79 Å². The SMILES string of the molecule is O=C(O)C(F)(F)F.O=C1NCC2(CCNCC2)OC12CC2. The molecule has 0 unspecified atom stereocenters. The summed E-state index contributed by atoms with van der Waals surface area (Å²) in [6.07, 6.45) is -1.22. The van der Waals surface area contributed by atoms with E-state index in [0.717, 1.165) is 38.8 Å². The third kappa shape index (κ3) is 3.65. The van der Waals surface area contributed by atoms with E-state index >= 15 is 0 Å². The van der Waals surface area contributed by atoms with Crippen LogP contribution >= 0.6 is 0 Å². The number of halogens is 3. The molecule has 0 aromatic rings. The number of hydrogen-bond donors (Lipinski definition) is 3. The monoisotopic (exact) mass is 310 g/mol. The average Bonchev–Trinajstić information content (AvgIpc) is 3.16. The second-order valence-corrected chi connectivity index (χ2v) is 5.51. The van der Waals surface area contributed by atoms with Crippen LogP contribution < -0.4 is 10.6 Å². The molecule has 3 fully saturated rings. The number of carboxylic acid groups (broad SMARTS) is 1. The van der Waals surface area contributed by atoms with E-state index in [0.29, 0.717) is 6.54 Å². The number of rotatable bonds is 0. The van der Waals surface area contributed by atoms with E-state index in [-0.39, 0.29) is 11.5 Å². The highest BCUT2D eigenvalue weighted by molar-refractivity contribution is 5.88. The van der Waals surface area contributed by atoms with Gasteiger partial charge >= 0.3 is 12.1 Å². The van der Waals surface area contributed by atoms with Crippen molar-refractivity contribution in [2.75, 3.05) is 19.6 Å². The molecule has 0 atom stereocenters. The Kier molecular flexibility index (Phi) is 4.16. The summed E-state index contributed by atoms with van der Waals surface area (Å²) < 4.78 is 37.8. The molecule has 0 aromatic carbocycles. The molecule has 1 saturated carbocycles. The molecule has 1 amide bonds. The van der Waals surface area contributed by atoms with Crippen LogP contribution in [-0.4, -0.2) is 54.0 Å². The lowest BCUT2D eigenvalue weighted by Gasteiger charge is -2.44. The van der Waals surface area contributed by atoms with Crippen LogP contribution in [-0.2, 0) is 14.3 Å². The van der Waals surface area contributed by atoms with Gasteiger partial charge in [-0.1, -0.05) is 0 Å². The van der Waals surface area contributed by atoms with E-state index in [1.165, 1.54) is 0 Å². The van der Waals surface area contributed by atoms with E-state index in [9.17, 15) is 18.0 Å². The molecule has 2 heterocycles. The van der Waals surface area contributed by atoms with Gasteiger partial charge in [0.1, 0.15) is 5.60 Å². The molecule has 3 aliphatic rings. The minimum atomic E-state index is -5.08. The number of piperidine rings is 1. The summed E-state index contributed by atoms with van der Waals surface area (Å²) in [6.45, 7) is 2.72. The molecule has 9 heteroatoms. The summed E-state index contributed by atoms with van der Waals surface area (Å²) in [4.78, 5) is 20.4. The van der Waals surface area contributed by atoms with Gasteiger partial charge in [0.2, 0.25) is 0 Å². The summed E-state index contributed by atoms with van der Waals surface area (Å²) >= 11 is 0. The second kappa shape index (κ2) is 5.45. The van der Waals surface area contributed by atoms with Gasteiger partial charge in [-0.05, 0) is 38.8 Å². The first kappa shape index (κ1) is 16.0. The van der Waals surface area contributed by atoms with E-state index in [4.69, 9.17) is 14.6 Å². The number of morpholine rings is 1. The zero-order chi connectivity index (χ0) is 15.7. The van der Waals surface area contributed by atoms with E-state index in [1.54, 1.807) is 0 Å². The predicted octanol–water partition coefficient (Wildman–Crippen LogP) is 0.421. The van der Waals surface area contributed by atoms with Gasteiger partial charge in [0.15, 0.2) is 0 Å². The van der Waals surface area contributed by atoms with Crippen molar-refractivity contribution in [2.24, 2.45) is 0 Å². The van der Waals surface area contributed by atoms with Crippen LogP contribution in [0.1, 0.15) is 25.7 Å². The highest BCUT2D eigenvalue weighted by atomic mass is 19.4. The lowest BCUT2D eigenvalue weighted by molar-refractivity contribution is -0.192. The molecule has 2 spiro atoms. The van der Waals surface area contributed by atoms with Crippen molar-refractivity contribution >= 4 is 11.9 Å². The van der Waals surface area contributed by atoms with Crippen LogP contribution in [0.15, 0.2) is 0 Å². The molecular weight excluding hydrogens is 293 g/mol. The Morgan fingerprint density at radius 2 is 1.71 bits per heavy atom. The quantitative estimate of drug-likeness (QED) is 0.603. The summed E-state index contributed by atoms with van der Waals surface area (Å²) in [5, 5.41) is 13.5. The third-order valence-corrected chi connectivity index (χ3v) is 3.86. The standard InChI is InChI=1S/C10H16N2O2.C2HF3O2/c13-8-10(1-2-10)14-9(7-12-8)3-5-11-6-4-9;3-2(4,5)1(6)7/h11H,1-7H2,(H,12,13);(H,6,7). The van der Waals surface area contributed by atoms with Gasteiger partial charge in [0, 0.05) is 6.54 Å². The Morgan fingerprint density at radius 1 is 1.19 bits per heavy atom. The van der Waals surface area contributed by atoms with Gasteiger partial charge in [-0.15, -0.1) is 0 Å². The van der Waals surface area contributed by atoms with Crippen molar-refractivity contribution in [1.82, 2.24) is 10.6 Å². The molecule has 0 radical (unpaired) electrons. The van der Waals surface area contributed by atoms with E-state index in [2.05, 4.69) is 10.6 Å². The number of carbonyl (C=O) groups excluding carboxylic acids is 1. The van der Waals surface area contributed by atoms with Crippen molar-refractivity contribution < 1.29 is 32.6 Å². The van der Waals surface area contributed by atoms with Gasteiger partial charge in [0.05, 0.1) is 5.60 Å². The van der Waals surface area contributed by atoms with Gasteiger partial charge in [-0.25, -0.2) is 4.79 Å². The second-order valence-electron chi connectivity index (χ2n) is 5.51. The number of nitrogens with one attached hydrogen (secondary N) is 2. The van der Waals surface area contributed by atoms with E-state index in [1.807, 2.05) is 0 Å². The smallest absolute Gasteiger partial charge is 0.475 e. The first-order chi connectivity index (χ1) is 9.69. The first-order valence-electron chi connectivity index (χ1n) is 6.69. The molecule has 21 heavy (non-hydrogen) atoms. The highest BCUT2D eigenvalue weighted by Crippen LogP contribution is 2.46. The Bertz CT molecular complexity index is 429. The largest absolute Gasteiger partial charge is 0.490 e. The molecule has 3 rings (SSSR count). The number of ether oxygens (including phenoxy) is 1. The summed E-state index contributed by atoms with van der Waals surface area (Å²) in [5.74, 6) is -2.64. The highest BCUT2D eigenvalue weighted by Gasteiger charge is 2.58. The number of alkyl halides is 3. The van der Waals surface area contributed by atoms with Crippen molar-refractivity contribution in [3.8, 4) is 0 Å². The van der Waals surface area contributed by atoms with Crippen LogP contribution in [0.2, 0.25) is 0 Å². The molecule has 0 bridgehead atoms. The van der Waals surface area contributed by atoms with Crippen LogP contribution in [0.5, 0.6) is 0 Å². The van der Waals surface area contributed by atoms with Crippen molar-refractivity contribution in [2.45, 2.75) is 43.1 Å². The van der Waals surface area contributed by atoms with Gasteiger partial charge in [-0.2, -0.15) is 13.2 Å². The Labute approximate surface area is 119 Å². The normalized spacial score (nSPS) is 25.8. The lowest BCUT2D eigenvalue weighted by atomic mass is 9.90. The number of aliphatic carboxylic acids is 1. The van der Waals surface area contributed by atoms with Crippen LogP contribution in [0.4, 0.5) is 13.2 Å². The minimum absolute atomic E-state index is 0.0599. The number of carbonyl (C=O) groups is 2. The number of amides is 1. The third-order valence-electron chi connectivity index (χ3n) is 3.86. The maximum atomic E-state index is 11.6. The first-order valence-corrected chi connectivity index (χ1v) is 6.69. The number of hydrogen-bond acceptors (Lipinski definition) is 4. The topological polar surface area (TPSA) is 87.7 Å². The molecule has 3 N–H and O–H groups in total. The Hall–Kier alpha value is -1.35. The maximum Gasteiger partial charge on any atom is 0.490 e. The van der Waals surface area contributed by atoms with Crippen LogP contribution in [0.25, 0.3) is 0 Å². The van der Waals surface area contributed by atoms with Crippen LogP contribution in [0, 0.1) is 0 Å². The molecule has 0 aromatic heterocycles. The summed E-state index contributed by atoms with van der Waals surface area (Å²) in [6, 6.07) is 0. The lowest BCUT2D eigenvalue weighted by Crippen LogP contribution is -2.61. The van der Waals surface area contributed by atoms with Crippen LogP contribution in [0.3, 0.4) is 0 Å². The molecule has 2 saturated heterocycles. The van der Waals surface area contributed by atoms with Gasteiger partial charge < -0.3 is 20.5 Å². The fraction of sp³-hybridized carbons (Fsp3) is 0.833. The maximum absolute atomic E-state index is 11.6. The molecule has 2 aliphatic heterocycles. The van der Waals surface area contributed by atoms with Crippen molar-refractivity contribution in [3.63, 3.8) is 0 Å². The van der Waals surface area contributed by atoms with E-state index < -0.39 is 17.7 Å². The number of carboxylic acids is 1. The van der Waals surface area contributed by atoms with Crippen molar-refractivity contribution in [3.05, 3.63) is 0 Å². The Balaban J connectivity index is 0.000000199.